The first kappa shape index (κ1) is 16.0. The quantitative estimate of drug-likeness (QED) is 0.536. The molecule has 0 N–H and O–H groups in total. The predicted molar refractivity (Wildman–Crippen MR) is 102 cm³/mol. The van der Waals surface area contributed by atoms with Crippen molar-refractivity contribution in [1.29, 1.82) is 0 Å². The molecule has 0 unspecified atom stereocenters. The minimum absolute atomic E-state index is 0.349. The Bertz CT molecular complexity index is 1160. The maximum absolute atomic E-state index is 12.5. The molecule has 1 aliphatic heterocycles. The molecule has 4 aromatic heterocycles. The van der Waals surface area contributed by atoms with Gasteiger partial charge in [-0.05, 0) is 31.3 Å². The normalized spacial score (nSPS) is 15.7. The van der Waals surface area contributed by atoms with Gasteiger partial charge < -0.3 is 14.2 Å². The average Bonchev–Trinajstić information content (AvgIpc) is 3.11. The zero-order valence-electron chi connectivity index (χ0n) is 14.9. The molecule has 136 valence electrons. The zero-order valence-corrected chi connectivity index (χ0v) is 14.9. The van der Waals surface area contributed by atoms with E-state index in [2.05, 4.69) is 31.8 Å². The van der Waals surface area contributed by atoms with Crippen LogP contribution in [0.25, 0.3) is 28.1 Å². The van der Waals surface area contributed by atoms with Crippen LogP contribution in [0.2, 0.25) is 0 Å². The number of piperazine rings is 1. The highest BCUT2D eigenvalue weighted by Crippen LogP contribution is 2.22. The summed E-state index contributed by atoms with van der Waals surface area (Å²) in [6.45, 7) is 3.80. The molecule has 8 nitrogen and oxygen atoms in total. The number of likely N-dealkylation sites (N-methyl/N-ethyl adjacent to an activating group) is 1. The van der Waals surface area contributed by atoms with Crippen molar-refractivity contribution in [1.82, 2.24) is 24.3 Å². The summed E-state index contributed by atoms with van der Waals surface area (Å²) in [4.78, 5) is 30.2. The summed E-state index contributed by atoms with van der Waals surface area (Å²) in [5.41, 5.74) is 0.839. The Morgan fingerprint density at radius 3 is 2.78 bits per heavy atom. The van der Waals surface area contributed by atoms with Gasteiger partial charge in [-0.25, -0.2) is 14.8 Å². The van der Waals surface area contributed by atoms with Gasteiger partial charge in [0.05, 0.1) is 11.3 Å². The van der Waals surface area contributed by atoms with Gasteiger partial charge in [0.1, 0.15) is 5.82 Å². The van der Waals surface area contributed by atoms with Crippen molar-refractivity contribution in [2.45, 2.75) is 0 Å². The van der Waals surface area contributed by atoms with Crippen LogP contribution in [0.5, 0.6) is 0 Å². The molecule has 1 saturated heterocycles. The number of nitrogens with zero attached hydrogens (tertiary/aromatic N) is 6. The fourth-order valence-corrected chi connectivity index (χ4v) is 3.34. The van der Waals surface area contributed by atoms with E-state index in [9.17, 15) is 4.79 Å². The number of hydrogen-bond acceptors (Lipinski definition) is 7. The highest BCUT2D eigenvalue weighted by molar-refractivity contribution is 5.80. The summed E-state index contributed by atoms with van der Waals surface area (Å²) in [7, 11) is 2.11. The SMILES string of the molecule is CN1CCN(c2ccc3cc(-c4cn5cccnc5n4)c(=O)oc3n2)CC1. The van der Waals surface area contributed by atoms with Gasteiger partial charge in [0.2, 0.25) is 11.5 Å². The van der Waals surface area contributed by atoms with Crippen LogP contribution in [0.4, 0.5) is 5.82 Å². The Morgan fingerprint density at radius 1 is 1.11 bits per heavy atom. The van der Waals surface area contributed by atoms with Crippen molar-refractivity contribution < 1.29 is 4.42 Å². The first-order chi connectivity index (χ1) is 13.2. The van der Waals surface area contributed by atoms with Crippen molar-refractivity contribution in [2.24, 2.45) is 0 Å². The fourth-order valence-electron chi connectivity index (χ4n) is 3.34. The van der Waals surface area contributed by atoms with Crippen molar-refractivity contribution in [3.8, 4) is 11.3 Å². The summed E-state index contributed by atoms with van der Waals surface area (Å²) in [5, 5.41) is 0.771. The van der Waals surface area contributed by atoms with E-state index in [-0.39, 0.29) is 0 Å². The molecule has 0 amide bonds. The predicted octanol–water partition coefficient (Wildman–Crippen LogP) is 1.65. The molecule has 0 aliphatic carbocycles. The van der Waals surface area contributed by atoms with Crippen LogP contribution < -0.4 is 10.5 Å². The molecule has 0 radical (unpaired) electrons. The Balaban J connectivity index is 1.55. The largest absolute Gasteiger partial charge is 0.403 e. The van der Waals surface area contributed by atoms with Crippen molar-refractivity contribution >= 4 is 22.7 Å². The molecule has 0 bridgehead atoms. The van der Waals surface area contributed by atoms with Crippen LogP contribution in [-0.4, -0.2) is 57.5 Å². The van der Waals surface area contributed by atoms with Gasteiger partial charge in [-0.1, -0.05) is 0 Å². The molecule has 4 aromatic rings. The highest BCUT2D eigenvalue weighted by Gasteiger charge is 2.17. The number of imidazole rings is 1. The van der Waals surface area contributed by atoms with Crippen LogP contribution in [0.15, 0.2) is 52.1 Å². The second-order valence-electron chi connectivity index (χ2n) is 6.75. The molecular weight excluding hydrogens is 344 g/mol. The van der Waals surface area contributed by atoms with E-state index in [0.717, 1.165) is 37.4 Å². The van der Waals surface area contributed by atoms with Gasteiger partial charge in [0.25, 0.3) is 0 Å². The topological polar surface area (TPSA) is 79.8 Å². The first-order valence-electron chi connectivity index (χ1n) is 8.86. The lowest BCUT2D eigenvalue weighted by molar-refractivity contribution is 0.312. The van der Waals surface area contributed by atoms with Crippen molar-refractivity contribution in [3.05, 3.63) is 53.3 Å². The van der Waals surface area contributed by atoms with E-state index in [1.807, 2.05) is 24.4 Å². The number of aromatic nitrogens is 4. The molecule has 0 aromatic carbocycles. The summed E-state index contributed by atoms with van der Waals surface area (Å²) in [6.07, 6.45) is 5.27. The van der Waals surface area contributed by atoms with E-state index < -0.39 is 5.63 Å². The second kappa shape index (κ2) is 6.17. The van der Waals surface area contributed by atoms with Gasteiger partial charge >= 0.3 is 5.63 Å². The maximum atomic E-state index is 12.5. The Kier molecular flexibility index (Phi) is 3.64. The number of rotatable bonds is 2. The Labute approximate surface area is 154 Å². The van der Waals surface area contributed by atoms with Crippen LogP contribution in [0.1, 0.15) is 0 Å². The van der Waals surface area contributed by atoms with Crippen molar-refractivity contribution in [3.63, 3.8) is 0 Å². The molecule has 0 saturated carbocycles. The van der Waals surface area contributed by atoms with Crippen molar-refractivity contribution in [2.75, 3.05) is 38.1 Å². The first-order valence-corrected chi connectivity index (χ1v) is 8.86. The highest BCUT2D eigenvalue weighted by atomic mass is 16.4. The van der Waals surface area contributed by atoms with Gasteiger partial charge in [-0.3, -0.25) is 4.40 Å². The monoisotopic (exact) mass is 362 g/mol. The number of fused-ring (bicyclic) bond motifs is 2. The molecule has 5 heterocycles. The minimum atomic E-state index is -0.450. The van der Waals surface area contributed by atoms with E-state index in [0.29, 0.717) is 22.7 Å². The average molecular weight is 362 g/mol. The molecule has 8 heteroatoms. The number of pyridine rings is 1. The molecular formula is C19H18N6O2. The number of hydrogen-bond donors (Lipinski definition) is 0. The van der Waals surface area contributed by atoms with Gasteiger partial charge in [-0.2, -0.15) is 4.98 Å². The molecule has 27 heavy (non-hydrogen) atoms. The zero-order chi connectivity index (χ0) is 18.4. The lowest BCUT2D eigenvalue weighted by atomic mass is 10.2. The third-order valence-corrected chi connectivity index (χ3v) is 4.92. The summed E-state index contributed by atoms with van der Waals surface area (Å²) in [6, 6.07) is 7.51. The lowest BCUT2D eigenvalue weighted by Crippen LogP contribution is -2.44. The summed E-state index contributed by atoms with van der Waals surface area (Å²) in [5.74, 6) is 1.37. The molecule has 1 aliphatic rings. The van der Waals surface area contributed by atoms with Gasteiger partial charge in [0, 0.05) is 50.2 Å². The molecule has 0 atom stereocenters. The standard InChI is InChI=1S/C19H18N6O2/c1-23-7-9-24(10-8-23)16-4-3-13-11-14(18(26)27-17(13)22-16)15-12-25-6-2-5-20-19(25)21-15/h2-6,11-12H,7-10H2,1H3. The van der Waals surface area contributed by atoms with E-state index in [4.69, 9.17) is 4.42 Å². The Morgan fingerprint density at radius 2 is 1.96 bits per heavy atom. The maximum Gasteiger partial charge on any atom is 0.347 e. The van der Waals surface area contributed by atoms with Gasteiger partial charge in [0.15, 0.2) is 0 Å². The summed E-state index contributed by atoms with van der Waals surface area (Å²) < 4.78 is 7.29. The third-order valence-electron chi connectivity index (χ3n) is 4.92. The van der Waals surface area contributed by atoms with Crippen LogP contribution >= 0.6 is 0 Å². The second-order valence-corrected chi connectivity index (χ2v) is 6.75. The van der Waals surface area contributed by atoms with E-state index in [1.54, 1.807) is 22.9 Å². The third kappa shape index (κ3) is 2.83. The molecule has 0 spiro atoms. The number of anilines is 1. The Hall–Kier alpha value is -3.26. The van der Waals surface area contributed by atoms with E-state index in [1.165, 1.54) is 0 Å². The smallest absolute Gasteiger partial charge is 0.347 e. The fraction of sp³-hybridized carbons (Fsp3) is 0.263. The lowest BCUT2D eigenvalue weighted by Gasteiger charge is -2.33. The van der Waals surface area contributed by atoms with Crippen LogP contribution in [0, 0.1) is 0 Å². The minimum Gasteiger partial charge on any atom is -0.403 e. The molecule has 5 rings (SSSR count). The molecule has 1 fully saturated rings. The summed E-state index contributed by atoms with van der Waals surface area (Å²) >= 11 is 0. The van der Waals surface area contributed by atoms with Crippen LogP contribution in [0.3, 0.4) is 0 Å². The van der Waals surface area contributed by atoms with E-state index >= 15 is 0 Å². The van der Waals surface area contributed by atoms with Crippen LogP contribution in [-0.2, 0) is 0 Å². The van der Waals surface area contributed by atoms with Gasteiger partial charge in [-0.15, -0.1) is 0 Å².